The predicted molar refractivity (Wildman–Crippen MR) is 156 cm³/mol. The van der Waals surface area contributed by atoms with Crippen LogP contribution in [-0.4, -0.2) is 64.5 Å². The first-order valence-corrected chi connectivity index (χ1v) is 17.7. The summed E-state index contributed by atoms with van der Waals surface area (Å²) in [5.74, 6) is -0.180. The minimum atomic E-state index is -4.14. The van der Waals surface area contributed by atoms with Gasteiger partial charge in [-0.25, -0.2) is 8.78 Å². The molecule has 0 fully saturated rings. The molecule has 0 spiro atoms. The standard InChI is InChI=1S/C28H40F2N6O4SSi/c1-19(2)42(20(3)4,21(5)6)40-18-28(7,25-10-8-9-11-31-25)27(37)34-13-22-14-36(33-24(22)16-34)41(38,39)23-12-32-35(15-23)17-26(29)30/h8-12,14-15,19-21,26H,13,16-18H2,1-7H3. The molecule has 1 amide bonds. The van der Waals surface area contributed by atoms with Crippen molar-refractivity contribution in [1.82, 2.24) is 28.9 Å². The van der Waals surface area contributed by atoms with Crippen LogP contribution in [-0.2, 0) is 44.3 Å². The Labute approximate surface area is 247 Å². The lowest BCUT2D eigenvalue weighted by Crippen LogP contribution is -2.53. The monoisotopic (exact) mass is 622 g/mol. The van der Waals surface area contributed by atoms with Gasteiger partial charge < -0.3 is 9.33 Å². The number of carbonyl (C=O) groups excluding carboxylic acids is 1. The van der Waals surface area contributed by atoms with E-state index in [1.807, 2.05) is 19.1 Å². The van der Waals surface area contributed by atoms with Crippen LogP contribution in [0.3, 0.4) is 0 Å². The molecule has 10 nitrogen and oxygen atoms in total. The van der Waals surface area contributed by atoms with Gasteiger partial charge in [0.25, 0.3) is 16.4 Å². The Hall–Kier alpha value is -2.97. The van der Waals surface area contributed by atoms with Crippen LogP contribution in [0.2, 0.25) is 16.6 Å². The molecule has 1 unspecified atom stereocenters. The molecule has 0 N–H and O–H groups in total. The number of carbonyl (C=O) groups is 1. The number of hydrogen-bond donors (Lipinski definition) is 0. The fraction of sp³-hybridized carbons (Fsp3) is 0.571. The average molecular weight is 623 g/mol. The van der Waals surface area contributed by atoms with Gasteiger partial charge in [0.1, 0.15) is 16.9 Å². The van der Waals surface area contributed by atoms with Gasteiger partial charge in [-0.1, -0.05) is 47.6 Å². The predicted octanol–water partition coefficient (Wildman–Crippen LogP) is 4.97. The Morgan fingerprint density at radius 3 is 2.29 bits per heavy atom. The molecule has 42 heavy (non-hydrogen) atoms. The maximum Gasteiger partial charge on any atom is 0.286 e. The van der Waals surface area contributed by atoms with Crippen molar-refractivity contribution >= 4 is 24.2 Å². The van der Waals surface area contributed by atoms with Gasteiger partial charge in [0.05, 0.1) is 30.7 Å². The molecule has 0 aliphatic carbocycles. The lowest BCUT2D eigenvalue weighted by molar-refractivity contribution is -0.139. The first-order valence-electron chi connectivity index (χ1n) is 14.1. The number of aromatic nitrogens is 5. The molecule has 0 radical (unpaired) electrons. The molecule has 14 heteroatoms. The van der Waals surface area contributed by atoms with Crippen LogP contribution in [0.4, 0.5) is 8.78 Å². The molecule has 1 aliphatic rings. The Morgan fingerprint density at radius 1 is 1.07 bits per heavy atom. The van der Waals surface area contributed by atoms with Crippen molar-refractivity contribution in [2.45, 2.75) is 101 Å². The van der Waals surface area contributed by atoms with E-state index in [0.717, 1.165) is 21.2 Å². The van der Waals surface area contributed by atoms with Crippen molar-refractivity contribution < 1.29 is 26.4 Å². The van der Waals surface area contributed by atoms with Crippen LogP contribution >= 0.6 is 0 Å². The van der Waals surface area contributed by atoms with E-state index in [0.29, 0.717) is 33.6 Å². The first-order chi connectivity index (χ1) is 19.6. The van der Waals surface area contributed by atoms with Crippen molar-refractivity contribution in [3.8, 4) is 0 Å². The van der Waals surface area contributed by atoms with Gasteiger partial charge in [0, 0.05) is 30.7 Å². The molecule has 0 bridgehead atoms. The molecule has 3 aromatic rings. The number of pyridine rings is 1. The number of alkyl halides is 2. The van der Waals surface area contributed by atoms with E-state index in [4.69, 9.17) is 4.43 Å². The smallest absolute Gasteiger partial charge is 0.286 e. The highest BCUT2D eigenvalue weighted by atomic mass is 32.2. The van der Waals surface area contributed by atoms with Gasteiger partial charge in [-0.15, -0.1) is 0 Å². The number of hydrogen-bond acceptors (Lipinski definition) is 7. The van der Waals surface area contributed by atoms with Crippen LogP contribution in [0.5, 0.6) is 0 Å². The molecule has 1 atom stereocenters. The number of rotatable bonds is 12. The van der Waals surface area contributed by atoms with Crippen molar-refractivity contribution in [3.63, 3.8) is 0 Å². The zero-order chi connectivity index (χ0) is 31.0. The quantitative estimate of drug-likeness (QED) is 0.262. The highest BCUT2D eigenvalue weighted by Gasteiger charge is 2.49. The molecular formula is C28H40F2N6O4SSi. The van der Waals surface area contributed by atoms with Crippen LogP contribution in [0.25, 0.3) is 0 Å². The summed E-state index contributed by atoms with van der Waals surface area (Å²) in [5.41, 5.74) is 1.57. The van der Waals surface area contributed by atoms with Crippen LogP contribution in [0, 0.1) is 0 Å². The third kappa shape index (κ3) is 5.80. The fourth-order valence-corrected chi connectivity index (χ4v) is 12.9. The fourth-order valence-electron chi connectivity index (χ4n) is 6.27. The molecular weight excluding hydrogens is 582 g/mol. The van der Waals surface area contributed by atoms with E-state index in [-0.39, 0.29) is 30.5 Å². The highest BCUT2D eigenvalue weighted by Crippen LogP contribution is 2.44. The van der Waals surface area contributed by atoms with Crippen molar-refractivity contribution in [2.24, 2.45) is 0 Å². The molecule has 0 aromatic carbocycles. The first kappa shape index (κ1) is 32.0. The summed E-state index contributed by atoms with van der Waals surface area (Å²) >= 11 is 0. The molecule has 4 rings (SSSR count). The van der Waals surface area contributed by atoms with Crippen LogP contribution < -0.4 is 0 Å². The topological polar surface area (TPSA) is 112 Å². The second-order valence-electron chi connectivity index (χ2n) is 12.1. The summed E-state index contributed by atoms with van der Waals surface area (Å²) in [5, 5.41) is 7.98. The summed E-state index contributed by atoms with van der Waals surface area (Å²) in [7, 11) is -6.45. The van der Waals surface area contributed by atoms with E-state index in [9.17, 15) is 22.0 Å². The second-order valence-corrected chi connectivity index (χ2v) is 19.3. The van der Waals surface area contributed by atoms with Gasteiger partial charge in [0.15, 0.2) is 8.32 Å². The van der Waals surface area contributed by atoms with Crippen molar-refractivity contribution in [1.29, 1.82) is 0 Å². The SMILES string of the molecule is CC(C)[Si](OCC(C)(C(=O)N1Cc2cn(S(=O)(=O)c3cnn(CC(F)F)c3)nc2C1)c1ccccn1)(C(C)C)C(C)C. The normalized spacial score (nSPS) is 15.7. The zero-order valence-electron chi connectivity index (χ0n) is 25.2. The van der Waals surface area contributed by atoms with E-state index < -0.39 is 36.7 Å². The van der Waals surface area contributed by atoms with Crippen LogP contribution in [0.15, 0.2) is 47.9 Å². The average Bonchev–Trinajstić information content (AvgIpc) is 3.64. The third-order valence-electron chi connectivity index (χ3n) is 8.34. The van der Waals surface area contributed by atoms with Crippen molar-refractivity contribution in [3.05, 3.63) is 59.9 Å². The van der Waals surface area contributed by atoms with E-state index in [2.05, 4.69) is 56.7 Å². The highest BCUT2D eigenvalue weighted by molar-refractivity contribution is 7.89. The Balaban J connectivity index is 1.59. The van der Waals surface area contributed by atoms with Gasteiger partial charge in [-0.3, -0.25) is 14.5 Å². The van der Waals surface area contributed by atoms with Gasteiger partial charge >= 0.3 is 0 Å². The second kappa shape index (κ2) is 12.0. The summed E-state index contributed by atoms with van der Waals surface area (Å²) in [6.07, 6.45) is 2.44. The van der Waals surface area contributed by atoms with E-state index in [1.165, 1.54) is 6.20 Å². The van der Waals surface area contributed by atoms with Gasteiger partial charge in [-0.05, 0) is 35.7 Å². The molecule has 4 heterocycles. The zero-order valence-corrected chi connectivity index (χ0v) is 27.0. The maximum absolute atomic E-state index is 14.3. The lowest BCUT2D eigenvalue weighted by Gasteiger charge is -2.44. The molecule has 3 aromatic heterocycles. The molecule has 230 valence electrons. The summed E-state index contributed by atoms with van der Waals surface area (Å²) in [6.45, 7) is 14.8. The molecule has 0 saturated heterocycles. The van der Waals surface area contributed by atoms with E-state index in [1.54, 1.807) is 17.2 Å². The third-order valence-corrected chi connectivity index (χ3v) is 15.9. The maximum atomic E-state index is 14.3. The molecule has 1 aliphatic heterocycles. The largest absolute Gasteiger partial charge is 0.415 e. The Kier molecular flexibility index (Phi) is 9.10. The minimum Gasteiger partial charge on any atom is -0.415 e. The Bertz CT molecular complexity index is 1460. The number of fused-ring (bicyclic) bond motifs is 1. The van der Waals surface area contributed by atoms with Crippen molar-refractivity contribution in [2.75, 3.05) is 6.61 Å². The Morgan fingerprint density at radius 2 is 1.74 bits per heavy atom. The number of halogens is 2. The number of nitrogens with zero attached hydrogens (tertiary/aromatic N) is 6. The van der Waals surface area contributed by atoms with Gasteiger partial charge in [-0.2, -0.15) is 22.7 Å². The van der Waals surface area contributed by atoms with Crippen LogP contribution in [0.1, 0.15) is 65.4 Å². The summed E-state index contributed by atoms with van der Waals surface area (Å²) in [4.78, 5) is 20.2. The summed E-state index contributed by atoms with van der Waals surface area (Å²) < 4.78 is 60.2. The minimum absolute atomic E-state index is 0.116. The van der Waals surface area contributed by atoms with E-state index >= 15 is 0 Å². The lowest BCUT2D eigenvalue weighted by atomic mass is 9.85. The number of amides is 1. The molecule has 0 saturated carbocycles. The summed E-state index contributed by atoms with van der Waals surface area (Å²) in [6, 6.07) is 5.49. The van der Waals surface area contributed by atoms with Gasteiger partial charge in [0.2, 0.25) is 5.91 Å².